The number of carbonyl (C=O) groups excluding carboxylic acids is 1. The maximum absolute atomic E-state index is 12.8. The molecular weight excluding hydrogens is 689 g/mol. The summed E-state index contributed by atoms with van der Waals surface area (Å²) in [6, 6.07) is 0. The van der Waals surface area contributed by atoms with Gasteiger partial charge in [-0.3, -0.25) is 4.57 Å². The number of aliphatic hydroxyl groups excluding tert-OH is 1. The second kappa shape index (κ2) is 18.5. The molecule has 10 heteroatoms. The van der Waals surface area contributed by atoms with Crippen molar-refractivity contribution in [3.8, 4) is 0 Å². The number of aliphatic hydroxyl groups is 1. The Balaban J connectivity index is 1.16. The molecule has 0 spiro atoms. The summed E-state index contributed by atoms with van der Waals surface area (Å²) in [5.41, 5.74) is 1.08. The van der Waals surface area contributed by atoms with E-state index in [1.165, 1.54) is 65.1 Å². The molecule has 0 aromatic carbocycles. The van der Waals surface area contributed by atoms with E-state index in [4.69, 9.17) is 23.3 Å². The van der Waals surface area contributed by atoms with Gasteiger partial charge in [0.2, 0.25) is 0 Å². The fourth-order valence-electron chi connectivity index (χ4n) is 10.9. The molecular formula is C43H78NO8P. The first kappa shape index (κ1) is 44.8. The number of carbonyl (C=O) groups is 1. The predicted octanol–water partition coefficient (Wildman–Crippen LogP) is 10.3. The number of ether oxygens (including phenoxy) is 3. The lowest BCUT2D eigenvalue weighted by Crippen LogP contribution is -2.51. The molecule has 1 amide bonds. The Labute approximate surface area is 323 Å². The van der Waals surface area contributed by atoms with Crippen LogP contribution in [-0.2, 0) is 27.8 Å². The average Bonchev–Trinajstić information content (AvgIpc) is 3.43. The van der Waals surface area contributed by atoms with Crippen LogP contribution in [0.25, 0.3) is 0 Å². The number of rotatable bonds is 20. The molecule has 0 aliphatic heterocycles. The first-order chi connectivity index (χ1) is 24.7. The molecule has 308 valence electrons. The van der Waals surface area contributed by atoms with Crippen LogP contribution in [-0.4, -0.2) is 74.7 Å². The van der Waals surface area contributed by atoms with E-state index in [-0.39, 0.29) is 24.2 Å². The first-order valence-corrected chi connectivity index (χ1v) is 23.1. The van der Waals surface area contributed by atoms with E-state index in [0.717, 1.165) is 54.8 Å². The largest absolute Gasteiger partial charge is 0.446 e. The van der Waals surface area contributed by atoms with Gasteiger partial charge in [0.05, 0.1) is 30.5 Å². The Bertz CT molecular complexity index is 1270. The zero-order valence-electron chi connectivity index (χ0n) is 35.5. The highest BCUT2D eigenvalue weighted by molar-refractivity contribution is 7.52. The van der Waals surface area contributed by atoms with Crippen LogP contribution in [0.2, 0.25) is 0 Å². The van der Waals surface area contributed by atoms with Crippen molar-refractivity contribution in [2.24, 2.45) is 46.3 Å². The third kappa shape index (κ3) is 12.0. The van der Waals surface area contributed by atoms with Crippen molar-refractivity contribution in [2.45, 2.75) is 169 Å². The molecule has 0 bridgehead atoms. The van der Waals surface area contributed by atoms with Gasteiger partial charge in [-0.2, -0.15) is 0 Å². The third-order valence-corrected chi connectivity index (χ3v) is 15.3. The summed E-state index contributed by atoms with van der Waals surface area (Å²) in [7, 11) is -1.83. The molecule has 9 nitrogen and oxygen atoms in total. The highest BCUT2D eigenvalue weighted by Gasteiger charge is 2.59. The van der Waals surface area contributed by atoms with Crippen LogP contribution in [0.1, 0.15) is 146 Å². The van der Waals surface area contributed by atoms with Crippen LogP contribution in [0.4, 0.5) is 4.79 Å². The smallest absolute Gasteiger partial charge is 0.407 e. The average molecular weight is 768 g/mol. The predicted molar refractivity (Wildman–Crippen MR) is 213 cm³/mol. The molecule has 0 saturated heterocycles. The van der Waals surface area contributed by atoms with Gasteiger partial charge in [0, 0.05) is 39.8 Å². The highest BCUT2D eigenvalue weighted by Crippen LogP contribution is 2.67. The lowest BCUT2D eigenvalue weighted by Gasteiger charge is -2.58. The van der Waals surface area contributed by atoms with Crippen molar-refractivity contribution in [1.29, 1.82) is 0 Å². The molecule has 0 aromatic rings. The number of nitrogens with one attached hydrogen (secondary N) is 1. The van der Waals surface area contributed by atoms with E-state index in [9.17, 15) is 14.5 Å². The monoisotopic (exact) mass is 768 g/mol. The lowest BCUT2D eigenvalue weighted by atomic mass is 9.47. The number of hydrogen-bond donors (Lipinski definition) is 2. The molecule has 53 heavy (non-hydrogen) atoms. The molecule has 10 atom stereocenters. The summed E-state index contributed by atoms with van der Waals surface area (Å²) < 4.78 is 40.1. The molecule has 2 N–H and O–H groups in total. The number of alkyl carbamates (subject to hydrolysis) is 1. The fraction of sp³-hybridized carbons (Fsp3) is 0.930. The molecule has 0 radical (unpaired) electrons. The summed E-state index contributed by atoms with van der Waals surface area (Å²) in [6.45, 7) is 22.7. The molecule has 4 rings (SSSR count). The molecule has 10 unspecified atom stereocenters. The minimum Gasteiger partial charge on any atom is -0.446 e. The molecule has 0 heterocycles. The maximum Gasteiger partial charge on any atom is 0.407 e. The Kier molecular flexibility index (Phi) is 15.6. The van der Waals surface area contributed by atoms with Crippen molar-refractivity contribution in [2.75, 3.05) is 40.1 Å². The zero-order chi connectivity index (χ0) is 39.2. The number of amides is 1. The van der Waals surface area contributed by atoms with Crippen molar-refractivity contribution in [1.82, 2.24) is 5.32 Å². The van der Waals surface area contributed by atoms with Gasteiger partial charge in [0.15, 0.2) is 0 Å². The standard InChI is InChI=1S/C43H78NO8P/c1-30(2)14-12-15-31(3)36-18-19-37-35-17-16-32-26-34(20-22-42(32,8)38(35)21-23-43(36,37)9)52-39(46)44-24-13-25-49-41(6,7)29-50-40(4,5)27-33(45)28-51-53(11,47)48-10/h16,30-31,33-38,45H,12-15,17-29H2,1-11H3,(H,44,46). The van der Waals surface area contributed by atoms with Crippen LogP contribution in [0.5, 0.6) is 0 Å². The molecule has 0 aromatic heterocycles. The van der Waals surface area contributed by atoms with Crippen molar-refractivity contribution >= 4 is 13.7 Å². The van der Waals surface area contributed by atoms with Crippen LogP contribution in [0, 0.1) is 46.3 Å². The van der Waals surface area contributed by atoms with Crippen molar-refractivity contribution < 1.29 is 37.7 Å². The van der Waals surface area contributed by atoms with Crippen LogP contribution < -0.4 is 5.32 Å². The Morgan fingerprint density at radius 3 is 2.43 bits per heavy atom. The quantitative estimate of drug-likeness (QED) is 0.0715. The third-order valence-electron chi connectivity index (χ3n) is 14.0. The van der Waals surface area contributed by atoms with Gasteiger partial charge >= 0.3 is 13.7 Å². The van der Waals surface area contributed by atoms with E-state index in [2.05, 4.69) is 46.0 Å². The Morgan fingerprint density at radius 1 is 1.00 bits per heavy atom. The van der Waals surface area contributed by atoms with Crippen LogP contribution in [0.15, 0.2) is 11.6 Å². The minimum absolute atomic E-state index is 0.0606. The van der Waals surface area contributed by atoms with Gasteiger partial charge in [0.25, 0.3) is 0 Å². The number of fused-ring (bicyclic) bond motifs is 5. The molecule has 4 aliphatic carbocycles. The summed E-state index contributed by atoms with van der Waals surface area (Å²) in [6.07, 6.45) is 16.1. The first-order valence-electron chi connectivity index (χ1n) is 21.1. The lowest BCUT2D eigenvalue weighted by molar-refractivity contribution is -0.131. The van der Waals surface area contributed by atoms with E-state index < -0.39 is 24.9 Å². The molecule has 4 aliphatic rings. The highest BCUT2D eigenvalue weighted by atomic mass is 31.2. The zero-order valence-corrected chi connectivity index (χ0v) is 36.4. The fourth-order valence-corrected chi connectivity index (χ4v) is 11.5. The molecule has 3 fully saturated rings. The van der Waals surface area contributed by atoms with Gasteiger partial charge in [-0.1, -0.05) is 65.5 Å². The van der Waals surface area contributed by atoms with Gasteiger partial charge in [0.1, 0.15) is 6.10 Å². The second-order valence-electron chi connectivity index (χ2n) is 19.6. The summed E-state index contributed by atoms with van der Waals surface area (Å²) in [4.78, 5) is 12.8. The summed E-state index contributed by atoms with van der Waals surface area (Å²) in [5.74, 6) is 4.94. The SMILES string of the molecule is COP(C)(=O)OCC(O)CC(C)(C)OCC(C)(C)OCCCNC(=O)OC1CCC2(C)C(=CCC3C2CCC2(C)C(C(C)CCCC(C)C)CCC32)C1. The van der Waals surface area contributed by atoms with Gasteiger partial charge in [-0.05, 0) is 125 Å². The number of hydrogen-bond acceptors (Lipinski definition) is 8. The summed E-state index contributed by atoms with van der Waals surface area (Å²) in [5, 5.41) is 13.3. The minimum atomic E-state index is -3.15. The normalized spacial score (nSPS) is 32.5. The van der Waals surface area contributed by atoms with Crippen LogP contribution >= 0.6 is 7.60 Å². The van der Waals surface area contributed by atoms with E-state index in [0.29, 0.717) is 38.0 Å². The van der Waals surface area contributed by atoms with Crippen molar-refractivity contribution in [3.05, 3.63) is 11.6 Å². The topological polar surface area (TPSA) is 113 Å². The number of allylic oxidation sites excluding steroid dienone is 1. The van der Waals surface area contributed by atoms with E-state index >= 15 is 0 Å². The van der Waals surface area contributed by atoms with Gasteiger partial charge < -0.3 is 33.7 Å². The molecule has 3 saturated carbocycles. The van der Waals surface area contributed by atoms with Gasteiger partial charge in [-0.25, -0.2) is 4.79 Å². The van der Waals surface area contributed by atoms with E-state index in [1.807, 2.05) is 27.7 Å². The second-order valence-corrected chi connectivity index (χ2v) is 21.8. The Morgan fingerprint density at radius 2 is 1.74 bits per heavy atom. The maximum atomic E-state index is 12.8. The van der Waals surface area contributed by atoms with Gasteiger partial charge in [-0.15, -0.1) is 0 Å². The summed E-state index contributed by atoms with van der Waals surface area (Å²) >= 11 is 0. The van der Waals surface area contributed by atoms with E-state index in [1.54, 1.807) is 5.57 Å². The Hall–Kier alpha value is -0.960. The van der Waals surface area contributed by atoms with Crippen LogP contribution in [0.3, 0.4) is 0 Å². The van der Waals surface area contributed by atoms with Crippen molar-refractivity contribution in [3.63, 3.8) is 0 Å².